The molecule has 0 aromatic heterocycles. The number of phenols is 1. The van der Waals surface area contributed by atoms with Gasteiger partial charge in [0.2, 0.25) is 0 Å². The molecule has 112 valence electrons. The normalized spacial score (nSPS) is 10.5. The highest BCUT2D eigenvalue weighted by Gasteiger charge is 1.98. The van der Waals surface area contributed by atoms with Gasteiger partial charge in [0.05, 0.1) is 6.61 Å². The lowest BCUT2D eigenvalue weighted by Gasteiger charge is -2.07. The van der Waals surface area contributed by atoms with Crippen molar-refractivity contribution in [2.75, 3.05) is 6.61 Å². The molecular formula is C19H24O2. The van der Waals surface area contributed by atoms with Crippen LogP contribution in [0.3, 0.4) is 0 Å². The maximum absolute atomic E-state index is 9.34. The third-order valence-electron chi connectivity index (χ3n) is 3.69. The summed E-state index contributed by atoms with van der Waals surface area (Å²) >= 11 is 0. The first-order valence-electron chi connectivity index (χ1n) is 7.72. The zero-order chi connectivity index (χ0) is 14.9. The van der Waals surface area contributed by atoms with Gasteiger partial charge < -0.3 is 9.84 Å². The average molecular weight is 284 g/mol. The van der Waals surface area contributed by atoms with E-state index in [4.69, 9.17) is 4.74 Å². The fraction of sp³-hybridized carbons (Fsp3) is 0.368. The summed E-state index contributed by atoms with van der Waals surface area (Å²) in [6.07, 6.45) is 5.88. The van der Waals surface area contributed by atoms with E-state index in [1.54, 1.807) is 18.2 Å². The molecule has 2 nitrogen and oxygen atoms in total. The van der Waals surface area contributed by atoms with Gasteiger partial charge in [-0.3, -0.25) is 0 Å². The molecule has 0 saturated carbocycles. The second-order valence-corrected chi connectivity index (χ2v) is 5.44. The molecule has 0 aliphatic carbocycles. The Morgan fingerprint density at radius 1 is 0.905 bits per heavy atom. The van der Waals surface area contributed by atoms with E-state index < -0.39 is 0 Å². The van der Waals surface area contributed by atoms with Crippen molar-refractivity contribution in [1.29, 1.82) is 0 Å². The molecule has 2 aromatic rings. The van der Waals surface area contributed by atoms with E-state index in [0.29, 0.717) is 6.61 Å². The lowest BCUT2D eigenvalue weighted by atomic mass is 10.0. The van der Waals surface area contributed by atoms with Crippen LogP contribution in [0.15, 0.2) is 48.5 Å². The summed E-state index contributed by atoms with van der Waals surface area (Å²) in [6, 6.07) is 15.6. The summed E-state index contributed by atoms with van der Waals surface area (Å²) in [5.74, 6) is 1.00. The van der Waals surface area contributed by atoms with Crippen LogP contribution in [0, 0.1) is 6.92 Å². The van der Waals surface area contributed by atoms with Crippen LogP contribution in [0.1, 0.15) is 36.8 Å². The minimum Gasteiger partial charge on any atom is -0.508 e. The quantitative estimate of drug-likeness (QED) is 0.700. The molecule has 0 aliphatic rings. The SMILES string of the molecule is Cc1ccccc1CCCCCCOc1cccc(O)c1. The van der Waals surface area contributed by atoms with Gasteiger partial charge in [0.25, 0.3) is 0 Å². The van der Waals surface area contributed by atoms with Crippen molar-refractivity contribution < 1.29 is 9.84 Å². The average Bonchev–Trinajstić information content (AvgIpc) is 2.48. The molecule has 2 heteroatoms. The number of aryl methyl sites for hydroxylation is 2. The van der Waals surface area contributed by atoms with Crippen molar-refractivity contribution in [3.05, 3.63) is 59.7 Å². The Kier molecular flexibility index (Phi) is 6.14. The van der Waals surface area contributed by atoms with Crippen LogP contribution in [-0.2, 0) is 6.42 Å². The van der Waals surface area contributed by atoms with Crippen LogP contribution in [0.2, 0.25) is 0 Å². The van der Waals surface area contributed by atoms with Crippen LogP contribution in [-0.4, -0.2) is 11.7 Å². The molecular weight excluding hydrogens is 260 g/mol. The molecule has 0 atom stereocenters. The topological polar surface area (TPSA) is 29.5 Å². The second-order valence-electron chi connectivity index (χ2n) is 5.44. The Morgan fingerprint density at radius 3 is 2.52 bits per heavy atom. The molecule has 0 fully saturated rings. The highest BCUT2D eigenvalue weighted by molar-refractivity contribution is 5.31. The van der Waals surface area contributed by atoms with E-state index in [1.807, 2.05) is 6.07 Å². The van der Waals surface area contributed by atoms with Crippen molar-refractivity contribution in [1.82, 2.24) is 0 Å². The van der Waals surface area contributed by atoms with Crippen molar-refractivity contribution in [3.63, 3.8) is 0 Å². The number of phenolic OH excluding ortho intramolecular Hbond substituents is 1. The van der Waals surface area contributed by atoms with E-state index in [1.165, 1.54) is 36.8 Å². The van der Waals surface area contributed by atoms with E-state index in [-0.39, 0.29) is 5.75 Å². The highest BCUT2D eigenvalue weighted by Crippen LogP contribution is 2.18. The third kappa shape index (κ3) is 5.50. The first-order valence-corrected chi connectivity index (χ1v) is 7.72. The maximum Gasteiger partial charge on any atom is 0.122 e. The number of hydrogen-bond acceptors (Lipinski definition) is 2. The molecule has 0 unspecified atom stereocenters. The van der Waals surface area contributed by atoms with Gasteiger partial charge in [0.15, 0.2) is 0 Å². The summed E-state index contributed by atoms with van der Waals surface area (Å²) in [6.45, 7) is 2.90. The Morgan fingerprint density at radius 2 is 1.71 bits per heavy atom. The zero-order valence-corrected chi connectivity index (χ0v) is 12.7. The summed E-state index contributed by atoms with van der Waals surface area (Å²) in [7, 11) is 0. The van der Waals surface area contributed by atoms with Crippen LogP contribution < -0.4 is 4.74 Å². The molecule has 2 aromatic carbocycles. The van der Waals surface area contributed by atoms with Crippen LogP contribution in [0.25, 0.3) is 0 Å². The number of benzene rings is 2. The minimum atomic E-state index is 0.255. The Balaban J connectivity index is 1.55. The smallest absolute Gasteiger partial charge is 0.122 e. The molecule has 21 heavy (non-hydrogen) atoms. The predicted octanol–water partition coefficient (Wildman–Crippen LogP) is 4.88. The number of ether oxygens (including phenoxy) is 1. The molecule has 0 heterocycles. The molecule has 0 radical (unpaired) electrons. The fourth-order valence-electron chi connectivity index (χ4n) is 2.42. The zero-order valence-electron chi connectivity index (χ0n) is 12.7. The van der Waals surface area contributed by atoms with Crippen LogP contribution in [0.5, 0.6) is 11.5 Å². The van der Waals surface area contributed by atoms with Crippen molar-refractivity contribution in [2.24, 2.45) is 0 Å². The van der Waals surface area contributed by atoms with E-state index in [0.717, 1.165) is 12.2 Å². The largest absolute Gasteiger partial charge is 0.508 e. The number of unbranched alkanes of at least 4 members (excludes halogenated alkanes) is 3. The minimum absolute atomic E-state index is 0.255. The van der Waals surface area contributed by atoms with Gasteiger partial charge >= 0.3 is 0 Å². The Hall–Kier alpha value is -1.96. The van der Waals surface area contributed by atoms with Gasteiger partial charge in [-0.25, -0.2) is 0 Å². The summed E-state index contributed by atoms with van der Waals surface area (Å²) < 4.78 is 5.61. The lowest BCUT2D eigenvalue weighted by Crippen LogP contribution is -1.97. The molecule has 0 bridgehead atoms. The number of rotatable bonds is 8. The molecule has 0 spiro atoms. The maximum atomic E-state index is 9.34. The molecule has 0 amide bonds. The van der Waals surface area contributed by atoms with Gasteiger partial charge in [-0.2, -0.15) is 0 Å². The molecule has 1 N–H and O–H groups in total. The van der Waals surface area contributed by atoms with E-state index in [9.17, 15) is 5.11 Å². The monoisotopic (exact) mass is 284 g/mol. The summed E-state index contributed by atoms with van der Waals surface area (Å²) in [5, 5.41) is 9.34. The summed E-state index contributed by atoms with van der Waals surface area (Å²) in [5.41, 5.74) is 2.86. The third-order valence-corrected chi connectivity index (χ3v) is 3.69. The van der Waals surface area contributed by atoms with Gasteiger partial charge in [-0.1, -0.05) is 43.2 Å². The van der Waals surface area contributed by atoms with Gasteiger partial charge in [-0.05, 0) is 49.4 Å². The van der Waals surface area contributed by atoms with Crippen molar-refractivity contribution in [3.8, 4) is 11.5 Å². The first-order chi connectivity index (χ1) is 10.3. The molecule has 0 saturated heterocycles. The molecule has 2 rings (SSSR count). The van der Waals surface area contributed by atoms with E-state index >= 15 is 0 Å². The second kappa shape index (κ2) is 8.35. The van der Waals surface area contributed by atoms with Gasteiger partial charge in [-0.15, -0.1) is 0 Å². The van der Waals surface area contributed by atoms with Crippen molar-refractivity contribution in [2.45, 2.75) is 39.0 Å². The van der Waals surface area contributed by atoms with Gasteiger partial charge in [0, 0.05) is 6.07 Å². The molecule has 0 aliphatic heterocycles. The van der Waals surface area contributed by atoms with Crippen molar-refractivity contribution >= 4 is 0 Å². The van der Waals surface area contributed by atoms with Crippen LogP contribution in [0.4, 0.5) is 0 Å². The standard InChI is InChI=1S/C19H24O2/c1-16-9-5-6-11-17(16)10-4-2-3-7-14-21-19-13-8-12-18(20)15-19/h5-6,8-9,11-13,15,20H,2-4,7,10,14H2,1H3. The number of aromatic hydroxyl groups is 1. The van der Waals surface area contributed by atoms with E-state index in [2.05, 4.69) is 31.2 Å². The Bertz CT molecular complexity index is 549. The first kappa shape index (κ1) is 15.4. The predicted molar refractivity (Wildman–Crippen MR) is 87.0 cm³/mol. The summed E-state index contributed by atoms with van der Waals surface area (Å²) in [4.78, 5) is 0. The lowest BCUT2D eigenvalue weighted by molar-refractivity contribution is 0.303. The fourth-order valence-corrected chi connectivity index (χ4v) is 2.42. The highest BCUT2D eigenvalue weighted by atomic mass is 16.5. The number of hydrogen-bond donors (Lipinski definition) is 1. The van der Waals surface area contributed by atoms with Gasteiger partial charge in [0.1, 0.15) is 11.5 Å². The Labute approximate surface area is 127 Å². The van der Waals surface area contributed by atoms with Crippen LogP contribution >= 0.6 is 0 Å².